The highest BCUT2D eigenvalue weighted by Gasteiger charge is 2.51. The van der Waals surface area contributed by atoms with E-state index >= 15 is 0 Å². The van der Waals surface area contributed by atoms with Gasteiger partial charge in [0, 0.05) is 18.6 Å². The van der Waals surface area contributed by atoms with Crippen LogP contribution in [0.3, 0.4) is 0 Å². The molecule has 1 aromatic heterocycles. The summed E-state index contributed by atoms with van der Waals surface area (Å²) in [4.78, 5) is 35.4. The van der Waals surface area contributed by atoms with Crippen molar-refractivity contribution >= 4 is 23.9 Å². The number of fused-ring (bicyclic) bond motifs is 3. The number of benzene rings is 1. The average molecular weight is 393 g/mol. The summed E-state index contributed by atoms with van der Waals surface area (Å²) in [5.41, 5.74) is 3.78. The summed E-state index contributed by atoms with van der Waals surface area (Å²) in [6.45, 7) is 0.959. The lowest BCUT2D eigenvalue weighted by Crippen LogP contribution is -2.34. The SMILES string of the molecule is O=CN1CC2(CC2)C[C@H]1CCc1ccc2nc([C@@H]3C4CCC(C4)N3C=O)[nH]c2c1. The number of nitrogens with zero attached hydrogens (tertiary/aromatic N) is 3. The fraction of sp³-hybridized carbons (Fsp3) is 0.609. The fourth-order valence-corrected chi connectivity index (χ4v) is 6.37. The van der Waals surface area contributed by atoms with Gasteiger partial charge in [-0.1, -0.05) is 6.07 Å². The number of piperidine rings is 1. The van der Waals surface area contributed by atoms with Crippen LogP contribution in [0.5, 0.6) is 0 Å². The van der Waals surface area contributed by atoms with Crippen LogP contribution < -0.4 is 0 Å². The third-order valence-corrected chi connectivity index (χ3v) is 8.12. The Hall–Kier alpha value is -2.37. The van der Waals surface area contributed by atoms with E-state index in [-0.39, 0.29) is 6.04 Å². The van der Waals surface area contributed by atoms with E-state index in [1.807, 2.05) is 9.80 Å². The standard InChI is InChI=1S/C23H28N4O2/c28-13-26-12-23(7-8-23)11-18(26)4-1-15-2-6-19-20(9-15)25-22(24-19)21-16-3-5-17(10-16)27(21)14-29/h2,6,9,13-14,16-18,21H,1,3-5,7-8,10-12H2,(H,24,25)/t16?,17?,18-,21+/m1/s1. The molecule has 29 heavy (non-hydrogen) atoms. The first-order valence-electron chi connectivity index (χ1n) is 11.1. The maximum Gasteiger partial charge on any atom is 0.210 e. The molecule has 2 aliphatic heterocycles. The van der Waals surface area contributed by atoms with E-state index in [4.69, 9.17) is 4.98 Å². The number of hydrogen-bond acceptors (Lipinski definition) is 3. The number of H-pyrrole nitrogens is 1. The molecule has 6 heteroatoms. The van der Waals surface area contributed by atoms with Crippen molar-refractivity contribution in [2.45, 2.75) is 69.5 Å². The molecule has 4 aliphatic rings. The minimum atomic E-state index is 0.108. The predicted molar refractivity (Wildman–Crippen MR) is 109 cm³/mol. The van der Waals surface area contributed by atoms with Gasteiger partial charge in [-0.15, -0.1) is 0 Å². The Labute approximate surface area is 170 Å². The van der Waals surface area contributed by atoms with Gasteiger partial charge in [0.25, 0.3) is 0 Å². The van der Waals surface area contributed by atoms with E-state index in [0.29, 0.717) is 23.4 Å². The number of aryl methyl sites for hydroxylation is 1. The second kappa shape index (κ2) is 6.31. The average Bonchev–Trinajstić information content (AvgIpc) is 3.15. The van der Waals surface area contributed by atoms with Crippen molar-refractivity contribution in [3.63, 3.8) is 0 Å². The number of aromatic nitrogens is 2. The van der Waals surface area contributed by atoms with Crippen molar-refractivity contribution in [1.82, 2.24) is 19.8 Å². The third-order valence-electron chi connectivity index (χ3n) is 8.12. The van der Waals surface area contributed by atoms with Crippen molar-refractivity contribution in [3.8, 4) is 0 Å². The molecule has 4 fully saturated rings. The van der Waals surface area contributed by atoms with Crippen LogP contribution in [0.15, 0.2) is 18.2 Å². The van der Waals surface area contributed by atoms with Crippen LogP contribution in [0.1, 0.15) is 62.4 Å². The molecule has 6 nitrogen and oxygen atoms in total. The van der Waals surface area contributed by atoms with Gasteiger partial charge in [-0.05, 0) is 80.4 Å². The number of imidazole rings is 1. The topological polar surface area (TPSA) is 69.3 Å². The first-order valence-corrected chi connectivity index (χ1v) is 11.1. The lowest BCUT2D eigenvalue weighted by atomic mass is 9.98. The minimum absolute atomic E-state index is 0.108. The smallest absolute Gasteiger partial charge is 0.210 e. The largest absolute Gasteiger partial charge is 0.342 e. The number of rotatable bonds is 6. The number of aromatic amines is 1. The molecule has 1 aromatic carbocycles. The molecule has 152 valence electrons. The Kier molecular flexibility index (Phi) is 3.81. The summed E-state index contributed by atoms with van der Waals surface area (Å²) < 4.78 is 0. The first-order chi connectivity index (χ1) is 14.2. The first kappa shape index (κ1) is 17.5. The Morgan fingerprint density at radius 3 is 2.90 bits per heavy atom. The minimum Gasteiger partial charge on any atom is -0.342 e. The van der Waals surface area contributed by atoms with Crippen LogP contribution in [-0.2, 0) is 16.0 Å². The van der Waals surface area contributed by atoms with E-state index < -0.39 is 0 Å². The van der Waals surface area contributed by atoms with Crippen LogP contribution in [-0.4, -0.2) is 51.2 Å². The molecule has 2 amide bonds. The Balaban J connectivity index is 1.19. The van der Waals surface area contributed by atoms with Gasteiger partial charge in [0.2, 0.25) is 12.8 Å². The zero-order valence-electron chi connectivity index (χ0n) is 16.7. The molecule has 1 N–H and O–H groups in total. The summed E-state index contributed by atoms with van der Waals surface area (Å²) >= 11 is 0. The molecule has 2 aromatic rings. The lowest BCUT2D eigenvalue weighted by Gasteiger charge is -2.30. The molecule has 6 rings (SSSR count). The monoisotopic (exact) mass is 392 g/mol. The summed E-state index contributed by atoms with van der Waals surface area (Å²) in [6.07, 6.45) is 11.3. The number of likely N-dealkylation sites (tertiary alicyclic amines) is 2. The van der Waals surface area contributed by atoms with Gasteiger partial charge in [-0.2, -0.15) is 0 Å². The second-order valence-corrected chi connectivity index (χ2v) is 9.87. The summed E-state index contributed by atoms with van der Waals surface area (Å²) in [5.74, 6) is 1.48. The second-order valence-electron chi connectivity index (χ2n) is 9.87. The van der Waals surface area contributed by atoms with E-state index in [1.165, 1.54) is 31.2 Å². The Bertz CT molecular complexity index is 965. The molecule has 3 heterocycles. The van der Waals surface area contributed by atoms with Crippen molar-refractivity contribution in [1.29, 1.82) is 0 Å². The maximum atomic E-state index is 11.6. The lowest BCUT2D eigenvalue weighted by molar-refractivity contribution is -0.122. The zero-order valence-corrected chi connectivity index (χ0v) is 16.7. The number of carbonyl (C=O) groups excluding carboxylic acids is 2. The summed E-state index contributed by atoms with van der Waals surface area (Å²) in [5, 5.41) is 0. The predicted octanol–water partition coefficient (Wildman–Crippen LogP) is 3.19. The molecular formula is C23H28N4O2. The van der Waals surface area contributed by atoms with Gasteiger partial charge in [0.1, 0.15) is 5.82 Å². The van der Waals surface area contributed by atoms with E-state index in [0.717, 1.165) is 61.9 Å². The number of nitrogens with one attached hydrogen (secondary N) is 1. The summed E-state index contributed by atoms with van der Waals surface area (Å²) in [6, 6.07) is 7.36. The maximum absolute atomic E-state index is 11.6. The molecule has 2 saturated heterocycles. The molecule has 4 atom stereocenters. The Morgan fingerprint density at radius 2 is 2.10 bits per heavy atom. The van der Waals surface area contributed by atoms with Crippen molar-refractivity contribution in [3.05, 3.63) is 29.6 Å². The fourth-order valence-electron chi connectivity index (χ4n) is 6.37. The van der Waals surface area contributed by atoms with E-state index in [9.17, 15) is 9.59 Å². The van der Waals surface area contributed by atoms with Crippen molar-refractivity contribution in [2.24, 2.45) is 11.3 Å². The van der Waals surface area contributed by atoms with E-state index in [1.54, 1.807) is 0 Å². The highest BCUT2D eigenvalue weighted by atomic mass is 16.1. The van der Waals surface area contributed by atoms with Gasteiger partial charge < -0.3 is 14.8 Å². The van der Waals surface area contributed by atoms with Crippen LogP contribution >= 0.6 is 0 Å². The van der Waals surface area contributed by atoms with Crippen molar-refractivity contribution in [2.75, 3.05) is 6.54 Å². The van der Waals surface area contributed by atoms with Gasteiger partial charge in [-0.25, -0.2) is 4.98 Å². The highest BCUT2D eigenvalue weighted by Crippen LogP contribution is 2.55. The van der Waals surface area contributed by atoms with Crippen LogP contribution in [0.4, 0.5) is 0 Å². The van der Waals surface area contributed by atoms with Gasteiger partial charge in [0.15, 0.2) is 0 Å². The van der Waals surface area contributed by atoms with E-state index in [2.05, 4.69) is 23.2 Å². The quantitative estimate of drug-likeness (QED) is 0.768. The highest BCUT2D eigenvalue weighted by molar-refractivity contribution is 5.76. The molecule has 2 bridgehead atoms. The van der Waals surface area contributed by atoms with Crippen molar-refractivity contribution < 1.29 is 9.59 Å². The molecule has 2 aliphatic carbocycles. The van der Waals surface area contributed by atoms with Gasteiger partial charge in [0.05, 0.1) is 17.1 Å². The van der Waals surface area contributed by atoms with Crippen LogP contribution in [0, 0.1) is 11.3 Å². The summed E-state index contributed by atoms with van der Waals surface area (Å²) in [7, 11) is 0. The molecule has 2 saturated carbocycles. The zero-order chi connectivity index (χ0) is 19.6. The number of hydrogen-bond donors (Lipinski definition) is 1. The third kappa shape index (κ3) is 2.79. The molecule has 2 unspecified atom stereocenters. The Morgan fingerprint density at radius 1 is 1.21 bits per heavy atom. The molecule has 1 spiro atoms. The number of amides is 2. The number of carbonyl (C=O) groups is 2. The molecule has 0 radical (unpaired) electrons. The van der Waals surface area contributed by atoms with Crippen LogP contribution in [0.2, 0.25) is 0 Å². The molecular weight excluding hydrogens is 364 g/mol. The van der Waals surface area contributed by atoms with Crippen LogP contribution in [0.25, 0.3) is 11.0 Å². The van der Waals surface area contributed by atoms with Gasteiger partial charge in [-0.3, -0.25) is 9.59 Å². The van der Waals surface area contributed by atoms with Gasteiger partial charge >= 0.3 is 0 Å². The normalized spacial score (nSPS) is 31.9.